The molecule has 1 aliphatic heterocycles. The van der Waals surface area contributed by atoms with E-state index < -0.39 is 0 Å². The summed E-state index contributed by atoms with van der Waals surface area (Å²) in [4.78, 5) is 2.42. The van der Waals surface area contributed by atoms with Gasteiger partial charge in [-0.3, -0.25) is 4.90 Å². The van der Waals surface area contributed by atoms with E-state index in [1.54, 1.807) is 12.1 Å². The molecule has 0 aliphatic carbocycles. The molecule has 1 saturated heterocycles. The Hall–Kier alpha value is -0.450. The predicted molar refractivity (Wildman–Crippen MR) is 79.2 cm³/mol. The average Bonchev–Trinajstić information content (AvgIpc) is 2.41. The first kappa shape index (κ1) is 14.9. The summed E-state index contributed by atoms with van der Waals surface area (Å²) in [6, 6.07) is 5.06. The van der Waals surface area contributed by atoms with Gasteiger partial charge in [-0.1, -0.05) is 22.0 Å². The second kappa shape index (κ2) is 7.36. The second-order valence-electron chi connectivity index (χ2n) is 5.11. The zero-order valence-corrected chi connectivity index (χ0v) is 13.0. The molecule has 0 bridgehead atoms. The summed E-state index contributed by atoms with van der Waals surface area (Å²) in [6.07, 6.45) is 2.59. The van der Waals surface area contributed by atoms with Crippen molar-refractivity contribution >= 4 is 15.9 Å². The maximum absolute atomic E-state index is 13.1. The summed E-state index contributed by atoms with van der Waals surface area (Å²) in [5, 5.41) is 0.905. The number of nitrogens with zero attached hydrogens (tertiary/aromatic N) is 1. The van der Waals surface area contributed by atoms with E-state index in [0.717, 1.165) is 50.0 Å². The lowest BCUT2D eigenvalue weighted by Crippen LogP contribution is -2.36. The number of aryl methyl sites for hydroxylation is 1. The lowest BCUT2D eigenvalue weighted by molar-refractivity contribution is 0.0141. The van der Waals surface area contributed by atoms with Crippen LogP contribution in [0.2, 0.25) is 0 Å². The summed E-state index contributed by atoms with van der Waals surface area (Å²) in [6.45, 7) is 5.80. The molecule has 0 N–H and O–H groups in total. The molecule has 1 aliphatic rings. The van der Waals surface area contributed by atoms with Gasteiger partial charge in [-0.25, -0.2) is 4.39 Å². The van der Waals surface area contributed by atoms with Gasteiger partial charge in [0.2, 0.25) is 0 Å². The molecular formula is C15H21BrFNO. The molecule has 1 aromatic carbocycles. The summed E-state index contributed by atoms with van der Waals surface area (Å²) in [5.41, 5.74) is 2.26. The number of hydrogen-bond acceptors (Lipinski definition) is 2. The Labute approximate surface area is 123 Å². The summed E-state index contributed by atoms with van der Waals surface area (Å²) >= 11 is 3.38. The first-order valence-corrected chi connectivity index (χ1v) is 7.96. The molecule has 106 valence electrons. The third kappa shape index (κ3) is 4.55. The van der Waals surface area contributed by atoms with Crippen LogP contribution in [-0.4, -0.2) is 36.0 Å². The van der Waals surface area contributed by atoms with Crippen molar-refractivity contribution in [2.45, 2.75) is 32.4 Å². The molecule has 0 aromatic heterocycles. The molecule has 0 unspecified atom stereocenters. The van der Waals surface area contributed by atoms with Crippen molar-refractivity contribution in [3.05, 3.63) is 35.1 Å². The maximum Gasteiger partial charge on any atom is 0.123 e. The van der Waals surface area contributed by atoms with Gasteiger partial charge in [0.15, 0.2) is 0 Å². The van der Waals surface area contributed by atoms with Crippen LogP contribution < -0.4 is 0 Å². The molecule has 0 spiro atoms. The van der Waals surface area contributed by atoms with Crippen molar-refractivity contribution in [3.63, 3.8) is 0 Å². The van der Waals surface area contributed by atoms with Crippen LogP contribution in [0.15, 0.2) is 18.2 Å². The normalized spacial score (nSPS) is 17.8. The van der Waals surface area contributed by atoms with Crippen molar-refractivity contribution in [1.29, 1.82) is 0 Å². The van der Waals surface area contributed by atoms with Crippen LogP contribution in [-0.2, 0) is 11.3 Å². The molecule has 19 heavy (non-hydrogen) atoms. The van der Waals surface area contributed by atoms with Crippen LogP contribution in [0.5, 0.6) is 0 Å². The van der Waals surface area contributed by atoms with Gasteiger partial charge in [0.05, 0.1) is 12.7 Å². The summed E-state index contributed by atoms with van der Waals surface area (Å²) in [5.74, 6) is -0.150. The SMILES string of the molecule is Cc1cc(F)ccc1CN1CCC(OCCBr)CC1. The lowest BCUT2D eigenvalue weighted by atomic mass is 10.0. The zero-order chi connectivity index (χ0) is 13.7. The number of hydrogen-bond donors (Lipinski definition) is 0. The van der Waals surface area contributed by atoms with Crippen molar-refractivity contribution in [3.8, 4) is 0 Å². The van der Waals surface area contributed by atoms with E-state index in [0.29, 0.717) is 6.10 Å². The molecule has 2 rings (SSSR count). The largest absolute Gasteiger partial charge is 0.377 e. The van der Waals surface area contributed by atoms with E-state index in [9.17, 15) is 4.39 Å². The molecule has 1 heterocycles. The highest BCUT2D eigenvalue weighted by molar-refractivity contribution is 9.09. The van der Waals surface area contributed by atoms with Gasteiger partial charge in [-0.2, -0.15) is 0 Å². The smallest absolute Gasteiger partial charge is 0.123 e. The number of ether oxygens (including phenoxy) is 1. The number of alkyl halides is 1. The Morgan fingerprint density at radius 3 is 2.74 bits per heavy atom. The summed E-state index contributed by atoms with van der Waals surface area (Å²) < 4.78 is 18.8. The second-order valence-corrected chi connectivity index (χ2v) is 5.90. The Balaban J connectivity index is 1.82. The van der Waals surface area contributed by atoms with E-state index >= 15 is 0 Å². The van der Waals surface area contributed by atoms with Crippen molar-refractivity contribution in [2.24, 2.45) is 0 Å². The Bertz CT molecular complexity index is 405. The number of benzene rings is 1. The number of halogens is 2. The van der Waals surface area contributed by atoms with E-state index in [2.05, 4.69) is 20.8 Å². The predicted octanol–water partition coefficient (Wildman–Crippen LogP) is 3.51. The molecule has 4 heteroatoms. The lowest BCUT2D eigenvalue weighted by Gasteiger charge is -2.32. The molecular weight excluding hydrogens is 309 g/mol. The van der Waals surface area contributed by atoms with Crippen LogP contribution in [0.25, 0.3) is 0 Å². The van der Waals surface area contributed by atoms with E-state index in [4.69, 9.17) is 4.74 Å². The average molecular weight is 330 g/mol. The number of likely N-dealkylation sites (tertiary alicyclic amines) is 1. The minimum atomic E-state index is -0.150. The highest BCUT2D eigenvalue weighted by atomic mass is 79.9. The molecule has 2 nitrogen and oxygen atoms in total. The van der Waals surface area contributed by atoms with Gasteiger partial charge >= 0.3 is 0 Å². The first-order valence-electron chi connectivity index (χ1n) is 6.84. The first-order chi connectivity index (χ1) is 9.19. The summed E-state index contributed by atoms with van der Waals surface area (Å²) in [7, 11) is 0. The molecule has 1 aromatic rings. The van der Waals surface area contributed by atoms with Crippen LogP contribution in [0, 0.1) is 12.7 Å². The van der Waals surface area contributed by atoms with Gasteiger partial charge < -0.3 is 4.74 Å². The van der Waals surface area contributed by atoms with Crippen molar-refractivity contribution in [1.82, 2.24) is 4.90 Å². The highest BCUT2D eigenvalue weighted by Gasteiger charge is 2.19. The number of piperidine rings is 1. The quantitative estimate of drug-likeness (QED) is 0.766. The van der Waals surface area contributed by atoms with Crippen molar-refractivity contribution in [2.75, 3.05) is 25.0 Å². The van der Waals surface area contributed by atoms with E-state index in [1.165, 1.54) is 5.56 Å². The molecule has 0 amide bonds. The number of rotatable bonds is 5. The van der Waals surface area contributed by atoms with Gasteiger partial charge in [0, 0.05) is 25.0 Å². The fraction of sp³-hybridized carbons (Fsp3) is 0.600. The van der Waals surface area contributed by atoms with Gasteiger partial charge in [0.25, 0.3) is 0 Å². The van der Waals surface area contributed by atoms with E-state index in [1.807, 2.05) is 13.0 Å². The molecule has 1 fully saturated rings. The Morgan fingerprint density at radius 1 is 1.37 bits per heavy atom. The maximum atomic E-state index is 13.1. The molecule has 0 saturated carbocycles. The van der Waals surface area contributed by atoms with Crippen LogP contribution >= 0.6 is 15.9 Å². The van der Waals surface area contributed by atoms with Gasteiger partial charge in [-0.15, -0.1) is 0 Å². The van der Waals surface area contributed by atoms with E-state index in [-0.39, 0.29) is 5.82 Å². The Kier molecular flexibility index (Phi) is 5.79. The van der Waals surface area contributed by atoms with Gasteiger partial charge in [0.1, 0.15) is 5.82 Å². The van der Waals surface area contributed by atoms with Crippen molar-refractivity contribution < 1.29 is 9.13 Å². The third-order valence-electron chi connectivity index (χ3n) is 3.66. The zero-order valence-electron chi connectivity index (χ0n) is 11.4. The highest BCUT2D eigenvalue weighted by Crippen LogP contribution is 2.18. The third-order valence-corrected chi connectivity index (χ3v) is 3.99. The minimum absolute atomic E-state index is 0.150. The topological polar surface area (TPSA) is 12.5 Å². The molecule has 0 atom stereocenters. The fourth-order valence-corrected chi connectivity index (χ4v) is 2.71. The Morgan fingerprint density at radius 2 is 2.11 bits per heavy atom. The van der Waals surface area contributed by atoms with Gasteiger partial charge in [-0.05, 0) is 43.0 Å². The monoisotopic (exact) mass is 329 g/mol. The van der Waals surface area contributed by atoms with Crippen LogP contribution in [0.4, 0.5) is 4.39 Å². The van der Waals surface area contributed by atoms with Crippen LogP contribution in [0.1, 0.15) is 24.0 Å². The van der Waals surface area contributed by atoms with Crippen LogP contribution in [0.3, 0.4) is 0 Å². The molecule has 0 radical (unpaired) electrons. The fourth-order valence-electron chi connectivity index (χ4n) is 2.52. The minimum Gasteiger partial charge on any atom is -0.377 e. The standard InChI is InChI=1S/C15H21BrFNO/c1-12-10-14(17)3-2-13(12)11-18-7-4-15(5-8-18)19-9-6-16/h2-3,10,15H,4-9,11H2,1H3.